The highest BCUT2D eigenvalue weighted by Gasteiger charge is 2.07. The Labute approximate surface area is 129 Å². The standard InChI is InChI=1S/C17H18N2O3/c1-12(20)19-15-7-4-6-14(11-15)17(22)18-10-9-13-5-2-3-8-16(13)21/h2-8,11,21H,9-10H2,1H3,(H,18,22)(H,19,20). The second-order valence-electron chi connectivity index (χ2n) is 4.90. The third-order valence-corrected chi connectivity index (χ3v) is 3.12. The van der Waals surface area contributed by atoms with Gasteiger partial charge in [-0.15, -0.1) is 0 Å². The van der Waals surface area contributed by atoms with E-state index < -0.39 is 0 Å². The molecule has 114 valence electrons. The zero-order valence-corrected chi connectivity index (χ0v) is 12.3. The number of nitrogens with one attached hydrogen (secondary N) is 2. The van der Waals surface area contributed by atoms with E-state index in [2.05, 4.69) is 10.6 Å². The van der Waals surface area contributed by atoms with Crippen LogP contribution in [0.2, 0.25) is 0 Å². The Hall–Kier alpha value is -2.82. The van der Waals surface area contributed by atoms with Crippen molar-refractivity contribution in [3.8, 4) is 5.75 Å². The SMILES string of the molecule is CC(=O)Nc1cccc(C(=O)NCCc2ccccc2O)c1. The number of amides is 2. The molecule has 3 N–H and O–H groups in total. The lowest BCUT2D eigenvalue weighted by Gasteiger charge is -2.08. The second-order valence-corrected chi connectivity index (χ2v) is 4.90. The molecule has 0 radical (unpaired) electrons. The van der Waals surface area contributed by atoms with Gasteiger partial charge in [-0.2, -0.15) is 0 Å². The van der Waals surface area contributed by atoms with Gasteiger partial charge >= 0.3 is 0 Å². The van der Waals surface area contributed by atoms with E-state index in [1.807, 2.05) is 12.1 Å². The van der Waals surface area contributed by atoms with E-state index in [9.17, 15) is 14.7 Å². The van der Waals surface area contributed by atoms with Crippen molar-refractivity contribution in [2.45, 2.75) is 13.3 Å². The molecule has 0 saturated carbocycles. The highest BCUT2D eigenvalue weighted by atomic mass is 16.3. The van der Waals surface area contributed by atoms with Gasteiger partial charge in [-0.25, -0.2) is 0 Å². The fourth-order valence-corrected chi connectivity index (χ4v) is 2.08. The van der Waals surface area contributed by atoms with Gasteiger partial charge in [-0.3, -0.25) is 9.59 Å². The van der Waals surface area contributed by atoms with Gasteiger partial charge in [0, 0.05) is 24.7 Å². The summed E-state index contributed by atoms with van der Waals surface area (Å²) in [6.07, 6.45) is 0.545. The summed E-state index contributed by atoms with van der Waals surface area (Å²) in [6, 6.07) is 13.8. The lowest BCUT2D eigenvalue weighted by molar-refractivity contribution is -0.114. The molecular weight excluding hydrogens is 280 g/mol. The Morgan fingerprint density at radius 2 is 1.86 bits per heavy atom. The van der Waals surface area contributed by atoms with Crippen molar-refractivity contribution < 1.29 is 14.7 Å². The second kappa shape index (κ2) is 7.26. The van der Waals surface area contributed by atoms with E-state index in [4.69, 9.17) is 0 Å². The van der Waals surface area contributed by atoms with Crippen molar-refractivity contribution >= 4 is 17.5 Å². The van der Waals surface area contributed by atoms with Crippen LogP contribution < -0.4 is 10.6 Å². The minimum atomic E-state index is -0.220. The maximum absolute atomic E-state index is 12.1. The smallest absolute Gasteiger partial charge is 0.251 e. The van der Waals surface area contributed by atoms with Crippen LogP contribution in [0.1, 0.15) is 22.8 Å². The third-order valence-electron chi connectivity index (χ3n) is 3.12. The summed E-state index contributed by atoms with van der Waals surface area (Å²) in [5, 5.41) is 15.1. The van der Waals surface area contributed by atoms with Gasteiger partial charge in [0.25, 0.3) is 5.91 Å². The van der Waals surface area contributed by atoms with Crippen LogP contribution in [0.25, 0.3) is 0 Å². The van der Waals surface area contributed by atoms with Crippen molar-refractivity contribution in [3.05, 3.63) is 59.7 Å². The van der Waals surface area contributed by atoms with Crippen LogP contribution in [-0.2, 0) is 11.2 Å². The van der Waals surface area contributed by atoms with Crippen LogP contribution in [0.5, 0.6) is 5.75 Å². The summed E-state index contributed by atoms with van der Waals surface area (Å²) >= 11 is 0. The Kier molecular flexibility index (Phi) is 5.14. The molecule has 0 heterocycles. The average Bonchev–Trinajstić information content (AvgIpc) is 2.48. The number of para-hydroxylation sites is 1. The van der Waals surface area contributed by atoms with Crippen molar-refractivity contribution in [2.75, 3.05) is 11.9 Å². The number of aromatic hydroxyl groups is 1. The van der Waals surface area contributed by atoms with Gasteiger partial charge in [0.2, 0.25) is 5.91 Å². The number of carbonyl (C=O) groups excluding carboxylic acids is 2. The number of rotatable bonds is 5. The molecule has 0 aliphatic carbocycles. The molecule has 5 nitrogen and oxygen atoms in total. The largest absolute Gasteiger partial charge is 0.508 e. The predicted octanol–water partition coefficient (Wildman–Crippen LogP) is 2.32. The molecule has 2 amide bonds. The molecule has 5 heteroatoms. The summed E-state index contributed by atoms with van der Waals surface area (Å²) < 4.78 is 0. The molecule has 2 aromatic rings. The van der Waals surface area contributed by atoms with E-state index in [0.29, 0.717) is 24.2 Å². The first-order chi connectivity index (χ1) is 10.6. The molecular formula is C17H18N2O3. The van der Waals surface area contributed by atoms with E-state index >= 15 is 0 Å². The quantitative estimate of drug-likeness (QED) is 0.792. The maximum Gasteiger partial charge on any atom is 0.251 e. The number of phenolic OH excluding ortho intramolecular Hbond substituents is 1. The Bertz CT molecular complexity index is 683. The van der Waals surface area contributed by atoms with Crippen LogP contribution in [0.4, 0.5) is 5.69 Å². The number of anilines is 1. The summed E-state index contributed by atoms with van der Waals surface area (Å²) in [7, 11) is 0. The monoisotopic (exact) mass is 298 g/mol. The van der Waals surface area contributed by atoms with E-state index in [0.717, 1.165) is 5.56 Å². The fourth-order valence-electron chi connectivity index (χ4n) is 2.08. The molecule has 0 spiro atoms. The molecule has 0 atom stereocenters. The van der Waals surface area contributed by atoms with Gasteiger partial charge in [-0.1, -0.05) is 24.3 Å². The topological polar surface area (TPSA) is 78.4 Å². The van der Waals surface area contributed by atoms with Gasteiger partial charge in [0.1, 0.15) is 5.75 Å². The first kappa shape index (κ1) is 15.6. The molecule has 2 aromatic carbocycles. The van der Waals surface area contributed by atoms with Crippen molar-refractivity contribution in [1.29, 1.82) is 0 Å². The van der Waals surface area contributed by atoms with Gasteiger partial charge in [-0.05, 0) is 36.2 Å². The molecule has 0 aliphatic heterocycles. The number of hydrogen-bond donors (Lipinski definition) is 3. The van der Waals surface area contributed by atoms with Crippen LogP contribution in [0, 0.1) is 0 Å². The van der Waals surface area contributed by atoms with Gasteiger partial charge < -0.3 is 15.7 Å². The molecule has 2 rings (SSSR count). The molecule has 0 bridgehead atoms. The van der Waals surface area contributed by atoms with E-state index in [1.165, 1.54) is 6.92 Å². The minimum Gasteiger partial charge on any atom is -0.508 e. The highest BCUT2D eigenvalue weighted by Crippen LogP contribution is 2.15. The van der Waals surface area contributed by atoms with Crippen LogP contribution >= 0.6 is 0 Å². The fraction of sp³-hybridized carbons (Fsp3) is 0.176. The molecule has 0 aromatic heterocycles. The number of hydrogen-bond acceptors (Lipinski definition) is 3. The van der Waals surface area contributed by atoms with Crippen LogP contribution in [0.3, 0.4) is 0 Å². The predicted molar refractivity (Wildman–Crippen MR) is 84.9 cm³/mol. The van der Waals surface area contributed by atoms with Gasteiger partial charge in [0.15, 0.2) is 0 Å². The summed E-state index contributed by atoms with van der Waals surface area (Å²) in [4.78, 5) is 23.1. The van der Waals surface area contributed by atoms with E-state index in [1.54, 1.807) is 36.4 Å². The summed E-state index contributed by atoms with van der Waals surface area (Å²) in [5.41, 5.74) is 1.85. The van der Waals surface area contributed by atoms with Gasteiger partial charge in [0.05, 0.1) is 0 Å². The summed E-state index contributed by atoms with van der Waals surface area (Å²) in [6.45, 7) is 1.83. The van der Waals surface area contributed by atoms with Crippen molar-refractivity contribution in [2.24, 2.45) is 0 Å². The zero-order valence-electron chi connectivity index (χ0n) is 12.3. The number of phenols is 1. The van der Waals surface area contributed by atoms with Crippen molar-refractivity contribution in [1.82, 2.24) is 5.32 Å². The molecule has 0 saturated heterocycles. The first-order valence-electron chi connectivity index (χ1n) is 6.99. The molecule has 0 unspecified atom stereocenters. The van der Waals surface area contributed by atoms with Crippen molar-refractivity contribution in [3.63, 3.8) is 0 Å². The van der Waals surface area contributed by atoms with E-state index in [-0.39, 0.29) is 17.6 Å². The Morgan fingerprint density at radius 3 is 2.59 bits per heavy atom. The average molecular weight is 298 g/mol. The highest BCUT2D eigenvalue weighted by molar-refractivity contribution is 5.96. The number of carbonyl (C=O) groups is 2. The Morgan fingerprint density at radius 1 is 1.09 bits per heavy atom. The maximum atomic E-state index is 12.1. The lowest BCUT2D eigenvalue weighted by Crippen LogP contribution is -2.25. The lowest BCUT2D eigenvalue weighted by atomic mass is 10.1. The normalized spacial score (nSPS) is 10.0. The first-order valence-corrected chi connectivity index (χ1v) is 6.99. The third kappa shape index (κ3) is 4.34. The molecule has 0 aliphatic rings. The minimum absolute atomic E-state index is 0.183. The molecule has 22 heavy (non-hydrogen) atoms. The zero-order chi connectivity index (χ0) is 15.9. The van der Waals surface area contributed by atoms with Crippen LogP contribution in [-0.4, -0.2) is 23.5 Å². The summed E-state index contributed by atoms with van der Waals surface area (Å²) in [5.74, 6) is -0.177. The molecule has 0 fully saturated rings. The van der Waals surface area contributed by atoms with Crippen LogP contribution in [0.15, 0.2) is 48.5 Å². The Balaban J connectivity index is 1.92. The number of benzene rings is 2.